The van der Waals surface area contributed by atoms with E-state index in [1.165, 1.54) is 6.92 Å². The number of thioether (sulfide) groups is 1. The Morgan fingerprint density at radius 3 is 2.78 bits per heavy atom. The molecule has 0 aromatic carbocycles. The standard InChI is InChI=1S/C11H20N2O4S/c1-8-6-13(3-4-18-8)10(16)12-7-11(2,17)5-9(14)15/h8,17H,3-7H2,1-2H3,(H,12,16)(H,14,15). The van der Waals surface area contributed by atoms with Crippen LogP contribution in [0.5, 0.6) is 0 Å². The molecule has 0 aromatic rings. The quantitative estimate of drug-likeness (QED) is 0.690. The maximum Gasteiger partial charge on any atom is 0.317 e. The number of rotatable bonds is 4. The minimum atomic E-state index is -1.42. The molecule has 0 bridgehead atoms. The summed E-state index contributed by atoms with van der Waals surface area (Å²) in [6.45, 7) is 4.76. The minimum absolute atomic E-state index is 0.0594. The van der Waals surface area contributed by atoms with Crippen molar-refractivity contribution in [2.75, 3.05) is 25.4 Å². The van der Waals surface area contributed by atoms with Gasteiger partial charge in [-0.15, -0.1) is 0 Å². The van der Waals surface area contributed by atoms with E-state index in [9.17, 15) is 14.7 Å². The van der Waals surface area contributed by atoms with E-state index in [0.29, 0.717) is 18.3 Å². The number of hydrogen-bond donors (Lipinski definition) is 3. The Labute approximate surface area is 111 Å². The summed E-state index contributed by atoms with van der Waals surface area (Å²) in [5.74, 6) is -0.183. The number of nitrogens with zero attached hydrogens (tertiary/aromatic N) is 1. The largest absolute Gasteiger partial charge is 0.481 e. The summed E-state index contributed by atoms with van der Waals surface area (Å²) >= 11 is 1.82. The van der Waals surface area contributed by atoms with Crippen molar-refractivity contribution in [3.63, 3.8) is 0 Å². The number of carbonyl (C=O) groups excluding carboxylic acids is 1. The van der Waals surface area contributed by atoms with Crippen molar-refractivity contribution in [1.29, 1.82) is 0 Å². The molecule has 2 amide bonds. The van der Waals surface area contributed by atoms with Gasteiger partial charge < -0.3 is 20.4 Å². The Hall–Kier alpha value is -0.950. The fourth-order valence-corrected chi connectivity index (χ4v) is 2.78. The number of hydrogen-bond acceptors (Lipinski definition) is 4. The van der Waals surface area contributed by atoms with E-state index < -0.39 is 11.6 Å². The van der Waals surface area contributed by atoms with Gasteiger partial charge >= 0.3 is 12.0 Å². The number of carbonyl (C=O) groups is 2. The molecule has 6 nitrogen and oxygen atoms in total. The summed E-state index contributed by atoms with van der Waals surface area (Å²) in [6, 6.07) is -0.243. The van der Waals surface area contributed by atoms with E-state index >= 15 is 0 Å². The van der Waals surface area contributed by atoms with Crippen LogP contribution in [0.2, 0.25) is 0 Å². The maximum absolute atomic E-state index is 11.8. The molecular weight excluding hydrogens is 256 g/mol. The topological polar surface area (TPSA) is 89.9 Å². The van der Waals surface area contributed by atoms with Crippen LogP contribution in [0.15, 0.2) is 0 Å². The highest BCUT2D eigenvalue weighted by Gasteiger charge is 2.27. The highest BCUT2D eigenvalue weighted by Crippen LogP contribution is 2.17. The highest BCUT2D eigenvalue weighted by molar-refractivity contribution is 7.99. The maximum atomic E-state index is 11.8. The van der Waals surface area contributed by atoms with E-state index in [1.54, 1.807) is 4.90 Å². The van der Waals surface area contributed by atoms with Crippen LogP contribution < -0.4 is 5.32 Å². The van der Waals surface area contributed by atoms with Crippen LogP contribution in [0.1, 0.15) is 20.3 Å². The van der Waals surface area contributed by atoms with Crippen molar-refractivity contribution < 1.29 is 19.8 Å². The lowest BCUT2D eigenvalue weighted by atomic mass is 10.0. The molecule has 0 aliphatic carbocycles. The van der Waals surface area contributed by atoms with E-state index in [0.717, 1.165) is 5.75 Å². The number of nitrogens with one attached hydrogen (secondary N) is 1. The zero-order valence-electron chi connectivity index (χ0n) is 10.7. The molecule has 1 heterocycles. The van der Waals surface area contributed by atoms with E-state index in [1.807, 2.05) is 11.8 Å². The average Bonchev–Trinajstić information content (AvgIpc) is 2.24. The van der Waals surface area contributed by atoms with Crippen molar-refractivity contribution in [3.8, 4) is 0 Å². The molecule has 0 aromatic heterocycles. The molecule has 3 N–H and O–H groups in total. The Balaban J connectivity index is 2.38. The lowest BCUT2D eigenvalue weighted by Crippen LogP contribution is -2.50. The second-order valence-electron chi connectivity index (χ2n) is 4.85. The van der Waals surface area contributed by atoms with Crippen LogP contribution in [0, 0.1) is 0 Å². The lowest BCUT2D eigenvalue weighted by molar-refractivity contribution is -0.141. The molecule has 2 unspecified atom stereocenters. The Morgan fingerprint density at radius 1 is 1.56 bits per heavy atom. The molecule has 2 atom stereocenters. The van der Waals surface area contributed by atoms with Crippen molar-refractivity contribution in [2.45, 2.75) is 31.1 Å². The Bertz CT molecular complexity index is 322. The fraction of sp³-hybridized carbons (Fsp3) is 0.818. The molecule has 1 aliphatic rings. The molecule has 18 heavy (non-hydrogen) atoms. The molecule has 0 spiro atoms. The van der Waals surface area contributed by atoms with Gasteiger partial charge in [-0.1, -0.05) is 6.92 Å². The van der Waals surface area contributed by atoms with Crippen LogP contribution in [0.4, 0.5) is 4.79 Å². The predicted molar refractivity (Wildman–Crippen MR) is 69.8 cm³/mol. The zero-order chi connectivity index (χ0) is 13.8. The van der Waals surface area contributed by atoms with Gasteiger partial charge in [0.25, 0.3) is 0 Å². The number of carboxylic acid groups (broad SMARTS) is 1. The van der Waals surface area contributed by atoms with Crippen LogP contribution in [0.3, 0.4) is 0 Å². The SMILES string of the molecule is CC1CN(C(=O)NCC(C)(O)CC(=O)O)CCS1. The minimum Gasteiger partial charge on any atom is -0.481 e. The smallest absolute Gasteiger partial charge is 0.317 e. The predicted octanol–water partition coefficient (Wildman–Crippen LogP) is 0.359. The normalized spacial score (nSPS) is 23.3. The summed E-state index contributed by atoms with van der Waals surface area (Å²) in [5.41, 5.74) is -1.42. The molecule has 1 fully saturated rings. The molecule has 7 heteroatoms. The van der Waals surface area contributed by atoms with E-state index in [2.05, 4.69) is 12.2 Å². The fourth-order valence-electron chi connectivity index (χ4n) is 1.77. The number of carboxylic acids is 1. The second kappa shape index (κ2) is 6.29. The Kier molecular flexibility index (Phi) is 5.28. The molecule has 1 aliphatic heterocycles. The van der Waals surface area contributed by atoms with Gasteiger partial charge in [-0.2, -0.15) is 11.8 Å². The molecule has 1 rings (SSSR count). The Morgan fingerprint density at radius 2 is 2.22 bits per heavy atom. The van der Waals surface area contributed by atoms with Gasteiger partial charge in [0, 0.05) is 30.6 Å². The van der Waals surface area contributed by atoms with Crippen LogP contribution in [-0.2, 0) is 4.79 Å². The van der Waals surface area contributed by atoms with Gasteiger partial charge in [0.05, 0.1) is 12.0 Å². The summed E-state index contributed by atoms with van der Waals surface area (Å²) < 4.78 is 0. The van der Waals surface area contributed by atoms with Crippen molar-refractivity contribution >= 4 is 23.8 Å². The van der Waals surface area contributed by atoms with Gasteiger partial charge in [-0.05, 0) is 6.92 Å². The van der Waals surface area contributed by atoms with Crippen LogP contribution in [-0.4, -0.2) is 63.4 Å². The average molecular weight is 276 g/mol. The van der Waals surface area contributed by atoms with Crippen molar-refractivity contribution in [1.82, 2.24) is 10.2 Å². The van der Waals surface area contributed by atoms with Crippen LogP contribution in [0.25, 0.3) is 0 Å². The summed E-state index contributed by atoms with van der Waals surface area (Å²) in [6.07, 6.45) is -0.389. The van der Waals surface area contributed by atoms with E-state index in [-0.39, 0.29) is 19.0 Å². The first-order chi connectivity index (χ1) is 8.30. The van der Waals surface area contributed by atoms with Crippen LogP contribution >= 0.6 is 11.8 Å². The number of urea groups is 1. The molecule has 0 saturated carbocycles. The summed E-state index contributed by atoms with van der Waals surface area (Å²) in [4.78, 5) is 24.0. The molecule has 1 saturated heterocycles. The van der Waals surface area contributed by atoms with Crippen molar-refractivity contribution in [2.24, 2.45) is 0 Å². The number of aliphatic carboxylic acids is 1. The first-order valence-corrected chi connectivity index (χ1v) is 6.93. The highest BCUT2D eigenvalue weighted by atomic mass is 32.2. The second-order valence-corrected chi connectivity index (χ2v) is 6.40. The first-order valence-electron chi connectivity index (χ1n) is 5.89. The third-order valence-corrected chi connectivity index (χ3v) is 3.82. The molecule has 0 radical (unpaired) electrons. The van der Waals surface area contributed by atoms with Gasteiger partial charge in [0.1, 0.15) is 0 Å². The third kappa shape index (κ3) is 5.14. The van der Waals surface area contributed by atoms with Gasteiger partial charge in [0.15, 0.2) is 0 Å². The first kappa shape index (κ1) is 15.1. The summed E-state index contributed by atoms with van der Waals surface area (Å²) in [7, 11) is 0. The number of aliphatic hydroxyl groups is 1. The lowest BCUT2D eigenvalue weighted by Gasteiger charge is -2.31. The monoisotopic (exact) mass is 276 g/mol. The molecule has 104 valence electrons. The van der Waals surface area contributed by atoms with Gasteiger partial charge in [0.2, 0.25) is 0 Å². The van der Waals surface area contributed by atoms with Crippen molar-refractivity contribution in [3.05, 3.63) is 0 Å². The van der Waals surface area contributed by atoms with Gasteiger partial charge in [-0.25, -0.2) is 4.79 Å². The van der Waals surface area contributed by atoms with Gasteiger partial charge in [-0.3, -0.25) is 4.79 Å². The summed E-state index contributed by atoms with van der Waals surface area (Å²) in [5, 5.41) is 21.4. The van der Waals surface area contributed by atoms with E-state index in [4.69, 9.17) is 5.11 Å². The third-order valence-electron chi connectivity index (χ3n) is 2.68. The molecular formula is C11H20N2O4S. The number of amides is 2. The zero-order valence-corrected chi connectivity index (χ0v) is 11.5.